The van der Waals surface area contributed by atoms with E-state index in [0.29, 0.717) is 0 Å². The van der Waals surface area contributed by atoms with Crippen molar-refractivity contribution in [1.82, 2.24) is 0 Å². The number of esters is 1. The molecule has 0 spiro atoms. The van der Waals surface area contributed by atoms with E-state index in [1.165, 1.54) is 24.3 Å². The number of nitrogens with zero attached hydrogens (tertiary/aromatic N) is 2. The van der Waals surface area contributed by atoms with Crippen LogP contribution in [0.1, 0.15) is 38.1 Å². The molecule has 0 unspecified atom stereocenters. The van der Waals surface area contributed by atoms with Gasteiger partial charge in [-0.1, -0.05) is 6.07 Å². The van der Waals surface area contributed by atoms with Crippen molar-refractivity contribution in [3.05, 3.63) is 39.9 Å². The summed E-state index contributed by atoms with van der Waals surface area (Å²) < 4.78 is 9.81. The first-order valence-electron chi connectivity index (χ1n) is 6.60. The lowest BCUT2D eigenvalue weighted by Gasteiger charge is -2.21. The van der Waals surface area contributed by atoms with Gasteiger partial charge in [-0.05, 0) is 45.9 Å². The first kappa shape index (κ1) is 17.4. The first-order chi connectivity index (χ1) is 10.2. The van der Waals surface area contributed by atoms with Gasteiger partial charge in [-0.15, -0.1) is 0 Å². The number of carbonyl (C=O) groups excluding carboxylic acids is 2. The predicted molar refractivity (Wildman–Crippen MR) is 78.1 cm³/mol. The molecule has 1 aromatic carbocycles. The predicted octanol–water partition coefficient (Wildman–Crippen LogP) is 2.80. The summed E-state index contributed by atoms with van der Waals surface area (Å²) in [4.78, 5) is 34.8. The Morgan fingerprint density at radius 2 is 1.95 bits per heavy atom. The lowest BCUT2D eigenvalue weighted by Crippen LogP contribution is -2.40. The maximum atomic E-state index is 12.0. The lowest BCUT2D eigenvalue weighted by atomic mass is 10.2. The van der Waals surface area contributed by atoms with Crippen molar-refractivity contribution in [2.75, 3.05) is 11.6 Å². The topological polar surface area (TPSA) is 99.0 Å². The molecule has 0 aliphatic carbocycles. The van der Waals surface area contributed by atoms with Crippen LogP contribution in [0.2, 0.25) is 0 Å². The molecular weight excluding hydrogens is 292 g/mol. The summed E-state index contributed by atoms with van der Waals surface area (Å²) in [5, 5.41) is 10.5. The second kappa shape index (κ2) is 6.88. The van der Waals surface area contributed by atoms with Gasteiger partial charge in [0, 0.05) is 5.01 Å². The quantitative estimate of drug-likeness (QED) is 0.481. The highest BCUT2D eigenvalue weighted by Crippen LogP contribution is 2.20. The molecule has 0 aliphatic heterocycles. The molecule has 8 heteroatoms. The van der Waals surface area contributed by atoms with Gasteiger partial charge in [0.05, 0.1) is 12.2 Å². The molecular formula is C14H18N2O6. The van der Waals surface area contributed by atoms with Gasteiger partial charge < -0.3 is 9.47 Å². The van der Waals surface area contributed by atoms with Crippen molar-refractivity contribution in [1.29, 1.82) is 0 Å². The molecule has 0 bridgehead atoms. The second-order valence-electron chi connectivity index (χ2n) is 5.30. The fourth-order valence-corrected chi connectivity index (χ4v) is 1.55. The third-order valence-electron chi connectivity index (χ3n) is 2.33. The molecule has 0 fully saturated rings. The van der Waals surface area contributed by atoms with E-state index in [-0.39, 0.29) is 22.9 Å². The van der Waals surface area contributed by atoms with Crippen LogP contribution in [0.4, 0.5) is 10.5 Å². The van der Waals surface area contributed by atoms with E-state index < -0.39 is 22.7 Å². The SMILES string of the molecule is CCOC(=O)c1cccc(N(C(=O)OC(C)(C)C)[N+](=O)[O-])c1. The molecule has 0 atom stereocenters. The normalized spacial score (nSPS) is 10.7. The number of carbonyl (C=O) groups is 2. The van der Waals surface area contributed by atoms with Gasteiger partial charge in [-0.3, -0.25) is 0 Å². The van der Waals surface area contributed by atoms with Crippen LogP contribution < -0.4 is 5.01 Å². The Morgan fingerprint density at radius 3 is 2.45 bits per heavy atom. The van der Waals surface area contributed by atoms with E-state index >= 15 is 0 Å². The number of nitro groups is 1. The molecule has 22 heavy (non-hydrogen) atoms. The number of ether oxygens (including phenoxy) is 2. The van der Waals surface area contributed by atoms with Crippen LogP contribution in [-0.4, -0.2) is 29.3 Å². The van der Waals surface area contributed by atoms with E-state index in [4.69, 9.17) is 9.47 Å². The van der Waals surface area contributed by atoms with Crippen LogP contribution in [0.3, 0.4) is 0 Å². The molecule has 1 amide bonds. The number of hydrogen-bond acceptors (Lipinski definition) is 6. The Hall–Kier alpha value is -2.64. The first-order valence-corrected chi connectivity index (χ1v) is 6.60. The van der Waals surface area contributed by atoms with E-state index in [9.17, 15) is 19.7 Å². The molecule has 1 rings (SSSR count). The Kier molecular flexibility index (Phi) is 5.44. The number of hydrazine groups is 1. The fraction of sp³-hybridized carbons (Fsp3) is 0.429. The zero-order valence-electron chi connectivity index (χ0n) is 12.9. The van der Waals surface area contributed by atoms with Gasteiger partial charge in [0.25, 0.3) is 0 Å². The van der Waals surface area contributed by atoms with E-state index in [0.717, 1.165) is 0 Å². The van der Waals surface area contributed by atoms with Crippen molar-refractivity contribution in [3.63, 3.8) is 0 Å². The smallest absolute Gasteiger partial charge is 0.462 e. The van der Waals surface area contributed by atoms with Crippen LogP contribution >= 0.6 is 0 Å². The summed E-state index contributed by atoms with van der Waals surface area (Å²) in [6, 6.07) is 5.39. The number of rotatable bonds is 4. The summed E-state index contributed by atoms with van der Waals surface area (Å²) in [6.07, 6.45) is -1.14. The van der Waals surface area contributed by atoms with Gasteiger partial charge in [0.15, 0.2) is 5.03 Å². The van der Waals surface area contributed by atoms with Crippen molar-refractivity contribution >= 4 is 17.7 Å². The number of amides is 1. The molecule has 0 heterocycles. The summed E-state index contributed by atoms with van der Waals surface area (Å²) in [5.41, 5.74) is -0.871. The third-order valence-corrected chi connectivity index (χ3v) is 2.33. The van der Waals surface area contributed by atoms with Gasteiger partial charge >= 0.3 is 12.1 Å². The monoisotopic (exact) mass is 310 g/mol. The molecule has 0 aliphatic rings. The zero-order valence-corrected chi connectivity index (χ0v) is 12.9. The van der Waals surface area contributed by atoms with Crippen LogP contribution in [-0.2, 0) is 9.47 Å². The average Bonchev–Trinajstić information content (AvgIpc) is 2.36. The Morgan fingerprint density at radius 1 is 1.32 bits per heavy atom. The molecule has 0 N–H and O–H groups in total. The molecule has 0 radical (unpaired) electrons. The van der Waals surface area contributed by atoms with Crippen molar-refractivity contribution in [2.45, 2.75) is 33.3 Å². The summed E-state index contributed by atoms with van der Waals surface area (Å²) in [7, 11) is 0. The standard InChI is InChI=1S/C14H18N2O6/c1-5-21-12(17)10-7-6-8-11(9-10)15(16(19)20)13(18)22-14(2,3)4/h6-9H,5H2,1-4H3. The number of benzene rings is 1. The van der Waals surface area contributed by atoms with Gasteiger partial charge in [0.1, 0.15) is 11.3 Å². The van der Waals surface area contributed by atoms with Crippen molar-refractivity contribution in [3.8, 4) is 0 Å². The van der Waals surface area contributed by atoms with Gasteiger partial charge in [-0.25, -0.2) is 19.7 Å². The zero-order chi connectivity index (χ0) is 16.9. The minimum absolute atomic E-state index is 0.0928. The molecule has 1 aromatic rings. The molecule has 0 saturated heterocycles. The maximum absolute atomic E-state index is 12.0. The van der Waals surface area contributed by atoms with Crippen LogP contribution in [0.5, 0.6) is 0 Å². The summed E-state index contributed by atoms with van der Waals surface area (Å²) in [5.74, 6) is -0.628. The van der Waals surface area contributed by atoms with Crippen molar-refractivity contribution in [2.24, 2.45) is 0 Å². The van der Waals surface area contributed by atoms with Crippen LogP contribution in [0, 0.1) is 10.1 Å². The second-order valence-corrected chi connectivity index (χ2v) is 5.30. The Balaban J connectivity index is 3.12. The summed E-state index contributed by atoms with van der Waals surface area (Å²) >= 11 is 0. The average molecular weight is 310 g/mol. The third kappa shape index (κ3) is 4.72. The van der Waals surface area contributed by atoms with Crippen molar-refractivity contribution < 1.29 is 24.1 Å². The highest BCUT2D eigenvalue weighted by Gasteiger charge is 2.32. The minimum Gasteiger partial charge on any atom is -0.462 e. The molecule has 0 saturated carbocycles. The van der Waals surface area contributed by atoms with E-state index in [1.807, 2.05) is 0 Å². The van der Waals surface area contributed by atoms with Crippen LogP contribution in [0.25, 0.3) is 0 Å². The fourth-order valence-electron chi connectivity index (χ4n) is 1.55. The molecule has 8 nitrogen and oxygen atoms in total. The Labute approximate surface area is 127 Å². The maximum Gasteiger partial charge on any atom is 0.473 e. The lowest BCUT2D eigenvalue weighted by molar-refractivity contribution is -0.484. The van der Waals surface area contributed by atoms with Gasteiger partial charge in [0.2, 0.25) is 0 Å². The van der Waals surface area contributed by atoms with E-state index in [1.54, 1.807) is 27.7 Å². The largest absolute Gasteiger partial charge is 0.473 e. The summed E-state index contributed by atoms with van der Waals surface area (Å²) in [6.45, 7) is 6.61. The Bertz CT molecular complexity index is 579. The minimum atomic E-state index is -1.14. The van der Waals surface area contributed by atoms with Crippen LogP contribution in [0.15, 0.2) is 24.3 Å². The number of hydrogen-bond donors (Lipinski definition) is 0. The molecule has 0 aromatic heterocycles. The van der Waals surface area contributed by atoms with Gasteiger partial charge in [-0.2, -0.15) is 0 Å². The van der Waals surface area contributed by atoms with E-state index in [2.05, 4.69) is 0 Å². The highest BCUT2D eigenvalue weighted by atomic mass is 16.7. The highest BCUT2D eigenvalue weighted by molar-refractivity contribution is 5.92. The molecule has 120 valence electrons. The number of anilines is 1.